The number of imide groups is 1. The van der Waals surface area contributed by atoms with E-state index in [1.807, 2.05) is 6.92 Å². The Kier molecular flexibility index (Phi) is 5.32. The zero-order valence-electron chi connectivity index (χ0n) is 12.3. The summed E-state index contributed by atoms with van der Waals surface area (Å²) in [5, 5.41) is 3.27. The summed E-state index contributed by atoms with van der Waals surface area (Å²) in [6.45, 7) is 2.56. The summed E-state index contributed by atoms with van der Waals surface area (Å²) in [6, 6.07) is -0.246. The van der Waals surface area contributed by atoms with Gasteiger partial charge in [0.1, 0.15) is 0 Å². The van der Waals surface area contributed by atoms with Crippen LogP contribution in [-0.2, 0) is 20.4 Å². The summed E-state index contributed by atoms with van der Waals surface area (Å²) < 4.78 is 11.3. The predicted octanol–water partition coefficient (Wildman–Crippen LogP) is 0.803. The van der Waals surface area contributed by atoms with Crippen molar-refractivity contribution in [1.29, 1.82) is 0 Å². The molecule has 3 unspecified atom stereocenters. The molecular formula is C14H24N2O3S. The van der Waals surface area contributed by atoms with Gasteiger partial charge in [0.05, 0.1) is 12.5 Å². The average molecular weight is 300 g/mol. The highest BCUT2D eigenvalue weighted by atomic mass is 32.2. The fourth-order valence-corrected chi connectivity index (χ4v) is 3.43. The highest BCUT2D eigenvalue weighted by Crippen LogP contribution is 2.28. The highest BCUT2D eigenvalue weighted by Gasteiger charge is 2.42. The summed E-state index contributed by atoms with van der Waals surface area (Å²) in [4.78, 5) is 25.8. The molecule has 1 saturated heterocycles. The molecule has 0 radical (unpaired) electrons. The number of amides is 2. The van der Waals surface area contributed by atoms with E-state index in [1.165, 1.54) is 4.90 Å². The Morgan fingerprint density at radius 3 is 2.60 bits per heavy atom. The molecule has 114 valence electrons. The molecule has 6 heteroatoms. The quantitative estimate of drug-likeness (QED) is 0.737. The standard InChI is InChI=1S/C14H24N2O3S/c1-10(20(2)19)7-8-15-12-9-13(17)16(14(12)18)11-5-3-4-6-11/h10-12,15H,3-9H2,1-2H3. The SMILES string of the molecule is CC(CCNC1CC(=O)N(C2CCCC2)C1=O)S(C)=O. The molecule has 3 atom stereocenters. The topological polar surface area (TPSA) is 66.5 Å². The van der Waals surface area contributed by atoms with Gasteiger partial charge in [-0.3, -0.25) is 18.7 Å². The van der Waals surface area contributed by atoms with Crippen LogP contribution in [0.15, 0.2) is 0 Å². The number of hydrogen-bond acceptors (Lipinski definition) is 4. The van der Waals surface area contributed by atoms with E-state index in [4.69, 9.17) is 0 Å². The van der Waals surface area contributed by atoms with Crippen LogP contribution in [0, 0.1) is 0 Å². The Morgan fingerprint density at radius 2 is 2.00 bits per heavy atom. The monoisotopic (exact) mass is 300 g/mol. The average Bonchev–Trinajstić information content (AvgIpc) is 2.98. The van der Waals surface area contributed by atoms with Crippen LogP contribution in [0.5, 0.6) is 0 Å². The van der Waals surface area contributed by atoms with Crippen LogP contribution in [0.25, 0.3) is 0 Å². The van der Waals surface area contributed by atoms with Crippen molar-refractivity contribution in [2.45, 2.75) is 62.8 Å². The molecule has 0 aromatic heterocycles. The molecule has 1 aliphatic carbocycles. The fraction of sp³-hybridized carbons (Fsp3) is 0.857. The third kappa shape index (κ3) is 3.47. The molecule has 1 aliphatic heterocycles. The van der Waals surface area contributed by atoms with Crippen molar-refractivity contribution in [3.05, 3.63) is 0 Å². The lowest BCUT2D eigenvalue weighted by molar-refractivity contribution is -0.141. The van der Waals surface area contributed by atoms with Crippen LogP contribution in [0.4, 0.5) is 0 Å². The lowest BCUT2D eigenvalue weighted by Crippen LogP contribution is -2.43. The summed E-state index contributed by atoms with van der Waals surface area (Å²) >= 11 is 0. The number of rotatable bonds is 6. The molecule has 2 aliphatic rings. The molecule has 2 amide bonds. The number of nitrogens with zero attached hydrogens (tertiary/aromatic N) is 1. The molecule has 5 nitrogen and oxygen atoms in total. The maximum Gasteiger partial charge on any atom is 0.247 e. The van der Waals surface area contributed by atoms with Crippen LogP contribution < -0.4 is 5.32 Å². The molecule has 0 aromatic rings. The van der Waals surface area contributed by atoms with Crippen LogP contribution in [0.3, 0.4) is 0 Å². The van der Waals surface area contributed by atoms with Crippen LogP contribution in [0.2, 0.25) is 0 Å². The van der Waals surface area contributed by atoms with E-state index >= 15 is 0 Å². The van der Waals surface area contributed by atoms with E-state index in [1.54, 1.807) is 6.26 Å². The highest BCUT2D eigenvalue weighted by molar-refractivity contribution is 7.84. The molecule has 1 N–H and O–H groups in total. The molecule has 2 fully saturated rings. The van der Waals surface area contributed by atoms with E-state index in [9.17, 15) is 13.8 Å². The van der Waals surface area contributed by atoms with Gasteiger partial charge in [-0.05, 0) is 25.8 Å². The van der Waals surface area contributed by atoms with Gasteiger partial charge < -0.3 is 5.32 Å². The normalized spacial score (nSPS) is 27.3. The Labute approximate surface area is 122 Å². The number of hydrogen-bond donors (Lipinski definition) is 1. The third-order valence-corrected chi connectivity index (χ3v) is 5.75. The van der Waals surface area contributed by atoms with Crippen molar-refractivity contribution in [2.75, 3.05) is 12.8 Å². The molecule has 20 heavy (non-hydrogen) atoms. The Hall–Kier alpha value is -0.750. The lowest BCUT2D eigenvalue weighted by atomic mass is 10.2. The Morgan fingerprint density at radius 1 is 1.35 bits per heavy atom. The van der Waals surface area contributed by atoms with Crippen molar-refractivity contribution in [2.24, 2.45) is 0 Å². The number of likely N-dealkylation sites (tertiary alicyclic amines) is 1. The summed E-state index contributed by atoms with van der Waals surface area (Å²) in [6.07, 6.45) is 6.85. The van der Waals surface area contributed by atoms with Crippen molar-refractivity contribution in [1.82, 2.24) is 10.2 Å². The molecule has 2 rings (SSSR count). The van der Waals surface area contributed by atoms with Gasteiger partial charge >= 0.3 is 0 Å². The first kappa shape index (κ1) is 15.6. The minimum absolute atomic E-state index is 0.0356. The lowest BCUT2D eigenvalue weighted by Gasteiger charge is -2.22. The minimum atomic E-state index is -0.840. The van der Waals surface area contributed by atoms with Crippen LogP contribution >= 0.6 is 0 Å². The van der Waals surface area contributed by atoms with Crippen molar-refractivity contribution < 1.29 is 13.8 Å². The van der Waals surface area contributed by atoms with Gasteiger partial charge in [-0.25, -0.2) is 0 Å². The van der Waals surface area contributed by atoms with Crippen LogP contribution in [0.1, 0.15) is 45.4 Å². The van der Waals surface area contributed by atoms with Gasteiger partial charge in [-0.15, -0.1) is 0 Å². The first-order chi connectivity index (χ1) is 9.50. The molecule has 0 spiro atoms. The number of carbonyl (C=O) groups is 2. The molecule has 1 saturated carbocycles. The van der Waals surface area contributed by atoms with Gasteiger partial charge in [-0.2, -0.15) is 0 Å². The van der Waals surface area contributed by atoms with Gasteiger partial charge in [-0.1, -0.05) is 19.8 Å². The van der Waals surface area contributed by atoms with Crippen LogP contribution in [-0.4, -0.2) is 51.1 Å². The smallest absolute Gasteiger partial charge is 0.247 e. The van der Waals surface area contributed by atoms with Gasteiger partial charge in [0.25, 0.3) is 0 Å². The van der Waals surface area contributed by atoms with E-state index in [0.29, 0.717) is 6.54 Å². The Balaban J connectivity index is 1.83. The summed E-state index contributed by atoms with van der Waals surface area (Å²) in [5.41, 5.74) is 0. The van der Waals surface area contributed by atoms with Gasteiger partial charge in [0, 0.05) is 28.3 Å². The largest absolute Gasteiger partial charge is 0.305 e. The fourth-order valence-electron chi connectivity index (χ4n) is 2.98. The van der Waals surface area contributed by atoms with E-state index in [2.05, 4.69) is 5.32 Å². The maximum absolute atomic E-state index is 12.3. The molecular weight excluding hydrogens is 276 g/mol. The predicted molar refractivity (Wildman–Crippen MR) is 78.7 cm³/mol. The summed E-state index contributed by atoms with van der Waals surface area (Å²) in [5.74, 6) is -0.0984. The number of nitrogens with one attached hydrogen (secondary N) is 1. The zero-order valence-corrected chi connectivity index (χ0v) is 13.1. The minimum Gasteiger partial charge on any atom is -0.305 e. The molecule has 1 heterocycles. The summed E-state index contributed by atoms with van der Waals surface area (Å²) in [7, 11) is -0.840. The Bertz CT molecular complexity index is 407. The molecule has 0 aromatic carbocycles. The second-order valence-corrected chi connectivity index (χ2v) is 7.65. The second kappa shape index (κ2) is 6.80. The first-order valence-electron chi connectivity index (χ1n) is 7.42. The zero-order chi connectivity index (χ0) is 14.7. The second-order valence-electron chi connectivity index (χ2n) is 5.85. The maximum atomic E-state index is 12.3. The van der Waals surface area contributed by atoms with Crippen molar-refractivity contribution in [3.63, 3.8) is 0 Å². The number of carbonyl (C=O) groups excluding carboxylic acids is 2. The first-order valence-corrected chi connectivity index (χ1v) is 9.04. The van der Waals surface area contributed by atoms with E-state index in [-0.39, 0.29) is 35.6 Å². The third-order valence-electron chi connectivity index (χ3n) is 4.38. The van der Waals surface area contributed by atoms with Crippen molar-refractivity contribution in [3.8, 4) is 0 Å². The van der Waals surface area contributed by atoms with E-state index in [0.717, 1.165) is 32.1 Å². The van der Waals surface area contributed by atoms with Gasteiger partial charge in [0.2, 0.25) is 11.8 Å². The van der Waals surface area contributed by atoms with Crippen molar-refractivity contribution >= 4 is 22.6 Å². The van der Waals surface area contributed by atoms with E-state index < -0.39 is 10.8 Å². The van der Waals surface area contributed by atoms with Gasteiger partial charge in [0.15, 0.2) is 0 Å². The molecule has 0 bridgehead atoms.